The standard InChI is InChI=1S/C21H21NO5/c1-14-3-6-17(11-15(14)2)22-20(23)13-27-21(24)8-5-16-4-7-18-19(12-16)26-10-9-25-18/h3-8,11-12H,9-10,13H2,1-2H3,(H,22,23)/b8-5+. The molecule has 0 fully saturated rings. The topological polar surface area (TPSA) is 73.9 Å². The van der Waals surface area contributed by atoms with Crippen LogP contribution in [0.4, 0.5) is 5.69 Å². The minimum atomic E-state index is -0.597. The van der Waals surface area contributed by atoms with Crippen molar-refractivity contribution in [1.29, 1.82) is 0 Å². The third kappa shape index (κ3) is 5.10. The van der Waals surface area contributed by atoms with Gasteiger partial charge in [-0.25, -0.2) is 4.79 Å². The number of aryl methyl sites for hydroxylation is 2. The summed E-state index contributed by atoms with van der Waals surface area (Å²) in [5.41, 5.74) is 3.66. The summed E-state index contributed by atoms with van der Waals surface area (Å²) in [5.74, 6) is 0.341. The van der Waals surface area contributed by atoms with Crippen LogP contribution in [0, 0.1) is 13.8 Å². The first-order chi connectivity index (χ1) is 13.0. The van der Waals surface area contributed by atoms with Crippen molar-refractivity contribution in [1.82, 2.24) is 0 Å². The summed E-state index contributed by atoms with van der Waals surface area (Å²) in [6.07, 6.45) is 2.87. The molecule has 2 aromatic carbocycles. The Morgan fingerprint density at radius 3 is 2.59 bits per heavy atom. The van der Waals surface area contributed by atoms with E-state index in [1.54, 1.807) is 18.2 Å². The Morgan fingerprint density at radius 1 is 1.04 bits per heavy atom. The molecule has 1 amide bonds. The number of carbonyl (C=O) groups is 2. The number of rotatable bonds is 5. The number of ether oxygens (including phenoxy) is 3. The van der Waals surface area contributed by atoms with Crippen molar-refractivity contribution in [2.45, 2.75) is 13.8 Å². The molecule has 0 bridgehead atoms. The van der Waals surface area contributed by atoms with Gasteiger partial charge in [-0.05, 0) is 60.9 Å². The van der Waals surface area contributed by atoms with E-state index in [-0.39, 0.29) is 12.5 Å². The zero-order valence-electron chi connectivity index (χ0n) is 15.3. The maximum absolute atomic E-state index is 11.9. The van der Waals surface area contributed by atoms with Crippen molar-refractivity contribution in [2.75, 3.05) is 25.1 Å². The van der Waals surface area contributed by atoms with Gasteiger partial charge in [0.2, 0.25) is 0 Å². The Kier molecular flexibility index (Phi) is 5.76. The van der Waals surface area contributed by atoms with E-state index in [0.29, 0.717) is 30.4 Å². The summed E-state index contributed by atoms with van der Waals surface area (Å²) in [5, 5.41) is 2.70. The number of benzene rings is 2. The summed E-state index contributed by atoms with van der Waals surface area (Å²) >= 11 is 0. The van der Waals surface area contributed by atoms with E-state index < -0.39 is 5.97 Å². The molecule has 0 aliphatic carbocycles. The Hall–Kier alpha value is -3.28. The van der Waals surface area contributed by atoms with Crippen molar-refractivity contribution >= 4 is 23.6 Å². The van der Waals surface area contributed by atoms with Crippen molar-refractivity contribution in [3.05, 3.63) is 59.2 Å². The number of esters is 1. The van der Waals surface area contributed by atoms with E-state index in [0.717, 1.165) is 16.7 Å². The summed E-state index contributed by atoms with van der Waals surface area (Å²) in [6, 6.07) is 11.0. The summed E-state index contributed by atoms with van der Waals surface area (Å²) < 4.78 is 15.9. The van der Waals surface area contributed by atoms with Crippen LogP contribution in [0.1, 0.15) is 16.7 Å². The number of amides is 1. The van der Waals surface area contributed by atoms with Crippen LogP contribution in [0.5, 0.6) is 11.5 Å². The molecule has 0 saturated heterocycles. The monoisotopic (exact) mass is 367 g/mol. The highest BCUT2D eigenvalue weighted by Crippen LogP contribution is 2.31. The van der Waals surface area contributed by atoms with Gasteiger partial charge in [0.1, 0.15) is 13.2 Å². The van der Waals surface area contributed by atoms with Crippen molar-refractivity contribution in [2.24, 2.45) is 0 Å². The molecule has 27 heavy (non-hydrogen) atoms. The molecule has 0 spiro atoms. The van der Waals surface area contributed by atoms with Crippen molar-refractivity contribution in [3.8, 4) is 11.5 Å². The molecule has 0 unspecified atom stereocenters. The lowest BCUT2D eigenvalue weighted by molar-refractivity contribution is -0.142. The van der Waals surface area contributed by atoms with Gasteiger partial charge in [-0.15, -0.1) is 0 Å². The second-order valence-corrected chi connectivity index (χ2v) is 6.19. The molecule has 0 aromatic heterocycles. The molecule has 1 aliphatic heterocycles. The average molecular weight is 367 g/mol. The SMILES string of the molecule is Cc1ccc(NC(=O)COC(=O)/C=C/c2ccc3c(c2)OCCO3)cc1C. The molecular weight excluding hydrogens is 346 g/mol. The minimum absolute atomic E-state index is 0.350. The predicted octanol–water partition coefficient (Wildman–Crippen LogP) is 3.27. The van der Waals surface area contributed by atoms with Crippen LogP contribution >= 0.6 is 0 Å². The zero-order valence-corrected chi connectivity index (χ0v) is 15.3. The third-order valence-corrected chi connectivity index (χ3v) is 4.11. The first kappa shape index (κ1) is 18.5. The average Bonchev–Trinajstić information content (AvgIpc) is 2.67. The molecule has 6 nitrogen and oxygen atoms in total. The predicted molar refractivity (Wildman–Crippen MR) is 102 cm³/mol. The van der Waals surface area contributed by atoms with Gasteiger partial charge in [0.25, 0.3) is 5.91 Å². The van der Waals surface area contributed by atoms with E-state index >= 15 is 0 Å². The highest BCUT2D eigenvalue weighted by molar-refractivity contribution is 5.94. The summed E-state index contributed by atoms with van der Waals surface area (Å²) in [7, 11) is 0. The maximum atomic E-state index is 11.9. The lowest BCUT2D eigenvalue weighted by atomic mass is 10.1. The molecule has 6 heteroatoms. The van der Waals surface area contributed by atoms with Gasteiger partial charge in [-0.1, -0.05) is 12.1 Å². The molecule has 3 rings (SSSR count). The highest BCUT2D eigenvalue weighted by atomic mass is 16.6. The fourth-order valence-electron chi connectivity index (χ4n) is 2.53. The third-order valence-electron chi connectivity index (χ3n) is 4.11. The number of anilines is 1. The van der Waals surface area contributed by atoms with Crippen molar-refractivity contribution in [3.63, 3.8) is 0 Å². The number of nitrogens with one attached hydrogen (secondary N) is 1. The molecule has 0 radical (unpaired) electrons. The second kappa shape index (κ2) is 8.40. The molecule has 1 heterocycles. The first-order valence-electron chi connectivity index (χ1n) is 8.63. The largest absolute Gasteiger partial charge is 0.486 e. The minimum Gasteiger partial charge on any atom is -0.486 e. The van der Waals surface area contributed by atoms with Crippen LogP contribution in [0.25, 0.3) is 6.08 Å². The lowest BCUT2D eigenvalue weighted by Crippen LogP contribution is -2.20. The lowest BCUT2D eigenvalue weighted by Gasteiger charge is -2.18. The van der Waals surface area contributed by atoms with Crippen molar-refractivity contribution < 1.29 is 23.8 Å². The van der Waals surface area contributed by atoms with Gasteiger partial charge >= 0.3 is 5.97 Å². The molecule has 1 aliphatic rings. The molecular formula is C21H21NO5. The fourth-order valence-corrected chi connectivity index (χ4v) is 2.53. The number of fused-ring (bicyclic) bond motifs is 1. The maximum Gasteiger partial charge on any atom is 0.331 e. The van der Waals surface area contributed by atoms with Crippen LogP contribution in [0.2, 0.25) is 0 Å². The fraction of sp³-hybridized carbons (Fsp3) is 0.238. The summed E-state index contributed by atoms with van der Waals surface area (Å²) in [6.45, 7) is 4.64. The van der Waals surface area contributed by atoms with E-state index in [1.165, 1.54) is 6.08 Å². The van der Waals surface area contributed by atoms with E-state index in [2.05, 4.69) is 5.32 Å². The van der Waals surface area contributed by atoms with E-state index in [4.69, 9.17) is 14.2 Å². The van der Waals surface area contributed by atoms with Gasteiger partial charge in [0.15, 0.2) is 18.1 Å². The number of hydrogen-bond donors (Lipinski definition) is 1. The molecule has 1 N–H and O–H groups in total. The first-order valence-corrected chi connectivity index (χ1v) is 8.63. The van der Waals surface area contributed by atoms with E-state index in [1.807, 2.05) is 38.1 Å². The Labute approximate surface area is 157 Å². The highest BCUT2D eigenvalue weighted by Gasteiger charge is 2.11. The summed E-state index contributed by atoms with van der Waals surface area (Å²) in [4.78, 5) is 23.7. The van der Waals surface area contributed by atoms with Gasteiger partial charge in [0, 0.05) is 11.8 Å². The second-order valence-electron chi connectivity index (χ2n) is 6.19. The van der Waals surface area contributed by atoms with Crippen LogP contribution in [-0.4, -0.2) is 31.7 Å². The van der Waals surface area contributed by atoms with E-state index in [9.17, 15) is 9.59 Å². The van der Waals surface area contributed by atoms with Gasteiger partial charge in [-0.3, -0.25) is 4.79 Å². The van der Waals surface area contributed by atoms with Gasteiger partial charge in [0.05, 0.1) is 0 Å². The normalized spacial score (nSPS) is 12.7. The zero-order chi connectivity index (χ0) is 19.2. The molecule has 140 valence electrons. The quantitative estimate of drug-likeness (QED) is 0.649. The molecule has 2 aromatic rings. The molecule has 0 saturated carbocycles. The number of hydrogen-bond acceptors (Lipinski definition) is 5. The Morgan fingerprint density at radius 2 is 1.81 bits per heavy atom. The van der Waals surface area contributed by atoms with Crippen LogP contribution in [0.15, 0.2) is 42.5 Å². The van der Waals surface area contributed by atoms with Crippen LogP contribution < -0.4 is 14.8 Å². The Balaban J connectivity index is 1.49. The smallest absolute Gasteiger partial charge is 0.331 e. The van der Waals surface area contributed by atoms with Crippen LogP contribution in [0.3, 0.4) is 0 Å². The van der Waals surface area contributed by atoms with Gasteiger partial charge < -0.3 is 19.5 Å². The number of carbonyl (C=O) groups excluding carboxylic acids is 2. The van der Waals surface area contributed by atoms with Gasteiger partial charge in [-0.2, -0.15) is 0 Å². The van der Waals surface area contributed by atoms with Crippen LogP contribution in [-0.2, 0) is 14.3 Å². The Bertz CT molecular complexity index is 888. The molecule has 0 atom stereocenters.